The molecule has 0 bridgehead atoms. The highest BCUT2D eigenvalue weighted by molar-refractivity contribution is 7.07. The number of nitriles is 1. The van der Waals surface area contributed by atoms with Crippen molar-refractivity contribution in [1.29, 1.82) is 5.26 Å². The number of hydrogen-bond donors (Lipinski definition) is 0. The summed E-state index contributed by atoms with van der Waals surface area (Å²) in [5, 5.41) is 15.8. The molecule has 30 heavy (non-hydrogen) atoms. The molecule has 1 aromatic heterocycles. The van der Waals surface area contributed by atoms with Crippen LogP contribution in [0.1, 0.15) is 22.3 Å². The first-order valence-electron chi connectivity index (χ1n) is 9.59. The van der Waals surface area contributed by atoms with E-state index in [1.54, 1.807) is 29.7 Å². The monoisotopic (exact) mass is 408 g/mol. The number of nitrogens with zero attached hydrogens (tertiary/aromatic N) is 4. The van der Waals surface area contributed by atoms with Crippen LogP contribution in [-0.4, -0.2) is 10.9 Å². The Labute approximate surface area is 179 Å². The molecule has 4 nitrogen and oxygen atoms in total. The molecule has 0 fully saturated rings. The van der Waals surface area contributed by atoms with Crippen LogP contribution in [0.25, 0.3) is 11.3 Å². The minimum absolute atomic E-state index is 0.598. The molecule has 0 aliphatic heterocycles. The molecule has 146 valence electrons. The zero-order chi connectivity index (χ0) is 20.8. The summed E-state index contributed by atoms with van der Waals surface area (Å²) in [5.74, 6) is 0. The first-order valence-corrected chi connectivity index (χ1v) is 10.5. The van der Waals surface area contributed by atoms with Gasteiger partial charge in [-0.15, -0.1) is 11.3 Å². The standard InChI is InChI=1S/C25H20N4S/c1-19-7-13-23(14-8-19)24-18-30-25(27-16-21-5-3-2-4-6-21)29(24)28-17-22-11-9-20(15-26)10-12-22/h2-14,17-18H,16H2,1H3. The molecule has 0 amide bonds. The Kier molecular flexibility index (Phi) is 5.98. The maximum atomic E-state index is 8.98. The Bertz CT molecular complexity index is 1260. The van der Waals surface area contributed by atoms with Gasteiger partial charge in [0.2, 0.25) is 4.80 Å². The fraction of sp³-hybridized carbons (Fsp3) is 0.0800. The Morgan fingerprint density at radius 2 is 1.70 bits per heavy atom. The molecule has 0 atom stereocenters. The molecule has 0 radical (unpaired) electrons. The molecule has 0 saturated heterocycles. The van der Waals surface area contributed by atoms with Gasteiger partial charge in [-0.2, -0.15) is 10.4 Å². The summed E-state index contributed by atoms with van der Waals surface area (Å²) in [7, 11) is 0. The first-order chi connectivity index (χ1) is 14.7. The fourth-order valence-electron chi connectivity index (χ4n) is 2.95. The zero-order valence-electron chi connectivity index (χ0n) is 16.6. The van der Waals surface area contributed by atoms with Crippen LogP contribution in [0, 0.1) is 18.3 Å². The summed E-state index contributed by atoms with van der Waals surface area (Å²) in [6, 6.07) is 28.1. The van der Waals surface area contributed by atoms with Crippen LogP contribution in [0.3, 0.4) is 0 Å². The third-order valence-corrected chi connectivity index (χ3v) is 5.49. The van der Waals surface area contributed by atoms with Crippen molar-refractivity contribution in [3.63, 3.8) is 0 Å². The molecule has 0 spiro atoms. The van der Waals surface area contributed by atoms with Crippen LogP contribution >= 0.6 is 11.3 Å². The van der Waals surface area contributed by atoms with E-state index in [1.165, 1.54) is 5.56 Å². The maximum Gasteiger partial charge on any atom is 0.206 e. The van der Waals surface area contributed by atoms with Crippen LogP contribution in [0.15, 0.2) is 94.3 Å². The number of benzene rings is 3. The van der Waals surface area contributed by atoms with Gasteiger partial charge in [-0.3, -0.25) is 4.99 Å². The van der Waals surface area contributed by atoms with Crippen molar-refractivity contribution in [2.75, 3.05) is 0 Å². The van der Waals surface area contributed by atoms with Crippen LogP contribution in [0.5, 0.6) is 0 Å². The molecular weight excluding hydrogens is 388 g/mol. The van der Waals surface area contributed by atoms with Crippen molar-refractivity contribution < 1.29 is 0 Å². The molecule has 3 aromatic carbocycles. The minimum Gasteiger partial charge on any atom is -0.253 e. The summed E-state index contributed by atoms with van der Waals surface area (Å²) in [4.78, 5) is 5.64. The van der Waals surface area contributed by atoms with Crippen molar-refractivity contribution in [3.8, 4) is 17.3 Å². The second-order valence-corrected chi connectivity index (χ2v) is 7.70. The average Bonchev–Trinajstić information content (AvgIpc) is 3.20. The SMILES string of the molecule is Cc1ccc(-c2csc(=NCc3ccccc3)n2N=Cc2ccc(C#N)cc2)cc1. The Morgan fingerprint density at radius 3 is 2.40 bits per heavy atom. The Morgan fingerprint density at radius 1 is 0.967 bits per heavy atom. The predicted octanol–water partition coefficient (Wildman–Crippen LogP) is 5.38. The summed E-state index contributed by atoms with van der Waals surface area (Å²) in [6.45, 7) is 2.68. The van der Waals surface area contributed by atoms with Crippen LogP contribution in [0.4, 0.5) is 0 Å². The highest BCUT2D eigenvalue weighted by Gasteiger charge is 2.07. The first kappa shape index (κ1) is 19.6. The molecule has 4 aromatic rings. The van der Waals surface area contributed by atoms with Gasteiger partial charge in [0, 0.05) is 10.9 Å². The van der Waals surface area contributed by atoms with Gasteiger partial charge in [-0.1, -0.05) is 72.3 Å². The number of aryl methyl sites for hydroxylation is 1. The van der Waals surface area contributed by atoms with E-state index in [4.69, 9.17) is 15.4 Å². The molecule has 4 rings (SSSR count). The van der Waals surface area contributed by atoms with Gasteiger partial charge in [-0.25, -0.2) is 4.68 Å². The van der Waals surface area contributed by atoms with Gasteiger partial charge in [0.25, 0.3) is 0 Å². The van der Waals surface area contributed by atoms with E-state index in [0.717, 1.165) is 27.2 Å². The van der Waals surface area contributed by atoms with Crippen molar-refractivity contribution >= 4 is 17.6 Å². The number of hydrogen-bond acceptors (Lipinski definition) is 4. The third kappa shape index (κ3) is 4.62. The molecule has 0 N–H and O–H groups in total. The lowest BCUT2D eigenvalue weighted by molar-refractivity contribution is 0.824. The van der Waals surface area contributed by atoms with Crippen LogP contribution in [-0.2, 0) is 6.54 Å². The van der Waals surface area contributed by atoms with Crippen molar-refractivity contribution in [2.24, 2.45) is 10.1 Å². The van der Waals surface area contributed by atoms with Crippen molar-refractivity contribution in [3.05, 3.63) is 111 Å². The Balaban J connectivity index is 1.73. The smallest absolute Gasteiger partial charge is 0.206 e. The van der Waals surface area contributed by atoms with E-state index >= 15 is 0 Å². The van der Waals surface area contributed by atoms with Gasteiger partial charge in [0.15, 0.2) is 0 Å². The molecule has 0 saturated carbocycles. The third-order valence-electron chi connectivity index (χ3n) is 4.63. The minimum atomic E-state index is 0.598. The maximum absolute atomic E-state index is 8.98. The van der Waals surface area contributed by atoms with Gasteiger partial charge >= 0.3 is 0 Å². The van der Waals surface area contributed by atoms with E-state index < -0.39 is 0 Å². The predicted molar refractivity (Wildman–Crippen MR) is 122 cm³/mol. The quantitative estimate of drug-likeness (QED) is 0.409. The lowest BCUT2D eigenvalue weighted by atomic mass is 10.1. The summed E-state index contributed by atoms with van der Waals surface area (Å²) in [6.07, 6.45) is 1.80. The normalized spacial score (nSPS) is 11.7. The number of thiazole rings is 1. The second kappa shape index (κ2) is 9.17. The Hall–Kier alpha value is -3.75. The van der Waals surface area contributed by atoms with E-state index in [0.29, 0.717) is 12.1 Å². The lowest BCUT2D eigenvalue weighted by Gasteiger charge is -2.04. The van der Waals surface area contributed by atoms with Crippen LogP contribution < -0.4 is 4.80 Å². The zero-order valence-corrected chi connectivity index (χ0v) is 17.4. The molecule has 0 aliphatic rings. The summed E-state index contributed by atoms with van der Waals surface area (Å²) < 4.78 is 1.89. The average molecular weight is 409 g/mol. The topological polar surface area (TPSA) is 53.4 Å². The molecule has 0 unspecified atom stereocenters. The van der Waals surface area contributed by atoms with E-state index in [2.05, 4.69) is 54.8 Å². The lowest BCUT2D eigenvalue weighted by Crippen LogP contribution is -2.12. The number of rotatable bonds is 5. The van der Waals surface area contributed by atoms with Gasteiger partial charge < -0.3 is 0 Å². The second-order valence-electron chi connectivity index (χ2n) is 6.86. The van der Waals surface area contributed by atoms with Gasteiger partial charge in [0.1, 0.15) is 0 Å². The molecule has 0 aliphatic carbocycles. The molecular formula is C25H20N4S. The molecule has 5 heteroatoms. The largest absolute Gasteiger partial charge is 0.253 e. The number of aromatic nitrogens is 1. The molecule has 1 heterocycles. The van der Waals surface area contributed by atoms with Crippen molar-refractivity contribution in [1.82, 2.24) is 4.68 Å². The fourth-order valence-corrected chi connectivity index (χ4v) is 3.79. The van der Waals surface area contributed by atoms with E-state index in [1.807, 2.05) is 35.0 Å². The van der Waals surface area contributed by atoms with E-state index in [9.17, 15) is 0 Å². The van der Waals surface area contributed by atoms with Gasteiger partial charge in [0.05, 0.1) is 30.1 Å². The van der Waals surface area contributed by atoms with Crippen molar-refractivity contribution in [2.45, 2.75) is 13.5 Å². The van der Waals surface area contributed by atoms with Gasteiger partial charge in [-0.05, 0) is 30.2 Å². The summed E-state index contributed by atoms with van der Waals surface area (Å²) >= 11 is 1.58. The highest BCUT2D eigenvalue weighted by atomic mass is 32.1. The van der Waals surface area contributed by atoms with E-state index in [-0.39, 0.29) is 0 Å². The highest BCUT2D eigenvalue weighted by Crippen LogP contribution is 2.21. The van der Waals surface area contributed by atoms with Crippen LogP contribution in [0.2, 0.25) is 0 Å². The summed E-state index contributed by atoms with van der Waals surface area (Å²) in [5.41, 5.74) is 6.03.